The summed E-state index contributed by atoms with van der Waals surface area (Å²) in [7, 11) is 0. The topological polar surface area (TPSA) is 163 Å². The number of hydrogen-bond acceptors (Lipinski definition) is 9. The largest absolute Gasteiger partial charge is 0.342 e. The molecule has 4 aliphatic heterocycles. The molecule has 0 spiro atoms. The number of benzene rings is 3. The third-order valence-electron chi connectivity index (χ3n) is 16.7. The van der Waals surface area contributed by atoms with Crippen LogP contribution in [0.1, 0.15) is 108 Å². The van der Waals surface area contributed by atoms with Crippen LogP contribution in [0.5, 0.6) is 0 Å². The predicted octanol–water partition coefficient (Wildman–Crippen LogP) is 5.53. The monoisotopic (exact) mass is 1020 g/mol. The number of H-pyrrole nitrogens is 1. The van der Waals surface area contributed by atoms with Crippen LogP contribution in [0.2, 0.25) is 0 Å². The number of carbonyl (C=O) groups excluding carboxylic acids is 5. The van der Waals surface area contributed by atoms with Gasteiger partial charge in [-0.3, -0.25) is 38.6 Å². The van der Waals surface area contributed by atoms with Crippen molar-refractivity contribution in [1.29, 1.82) is 0 Å². The zero-order valence-corrected chi connectivity index (χ0v) is 42.1. The summed E-state index contributed by atoms with van der Waals surface area (Å²) in [5.74, 6) is -5.50. The van der Waals surface area contributed by atoms with E-state index < -0.39 is 35.5 Å². The Hall–Kier alpha value is -6.14. The van der Waals surface area contributed by atoms with Gasteiger partial charge in [-0.1, -0.05) is 55.7 Å². The lowest BCUT2D eigenvalue weighted by molar-refractivity contribution is -0.137. The Morgan fingerprint density at radius 1 is 0.716 bits per heavy atom. The Balaban J connectivity index is 0.658. The first-order valence-electron chi connectivity index (χ1n) is 26.9. The number of carbonyl (C=O) groups is 5. The predicted molar refractivity (Wildman–Crippen MR) is 272 cm³/mol. The lowest BCUT2D eigenvalue weighted by Gasteiger charge is -2.41. The van der Waals surface area contributed by atoms with Crippen molar-refractivity contribution < 1.29 is 37.1 Å². The van der Waals surface area contributed by atoms with E-state index in [2.05, 4.69) is 25.3 Å². The number of aromatic amines is 1. The molecule has 1 aromatic heterocycles. The second kappa shape index (κ2) is 22.4. The van der Waals surface area contributed by atoms with Gasteiger partial charge in [0, 0.05) is 102 Å². The molecule has 0 bridgehead atoms. The first-order valence-corrected chi connectivity index (χ1v) is 26.9. The molecule has 3 atom stereocenters. The summed E-state index contributed by atoms with van der Waals surface area (Å²) in [4.78, 5) is 92.0. The first kappa shape index (κ1) is 51.4. The quantitative estimate of drug-likeness (QED) is 0.175. The van der Waals surface area contributed by atoms with Crippen molar-refractivity contribution in [2.45, 2.75) is 88.5 Å². The molecule has 10 rings (SSSR count). The maximum atomic E-state index is 15.1. The number of piperazine rings is 2. The number of rotatable bonds is 13. The van der Waals surface area contributed by atoms with E-state index in [0.29, 0.717) is 105 Å². The van der Waals surface area contributed by atoms with E-state index in [1.807, 2.05) is 35.2 Å². The van der Waals surface area contributed by atoms with Gasteiger partial charge < -0.3 is 24.9 Å². The summed E-state index contributed by atoms with van der Waals surface area (Å²) in [6.07, 6.45) is 8.24. The summed E-state index contributed by atoms with van der Waals surface area (Å²) in [5, 5.41) is 11.1. The number of fused-ring (bicyclic) bond motifs is 1. The van der Waals surface area contributed by atoms with Gasteiger partial charge in [-0.2, -0.15) is 5.10 Å². The van der Waals surface area contributed by atoms with E-state index in [1.165, 1.54) is 6.07 Å². The number of alkyl halides is 2. The van der Waals surface area contributed by atoms with Crippen molar-refractivity contribution in [2.24, 2.45) is 17.8 Å². The number of nitrogens with one attached hydrogen (secondary N) is 2. The number of nitrogens with zero attached hydrogens (tertiary/aromatic N) is 7. The minimum Gasteiger partial charge on any atom is -0.342 e. The van der Waals surface area contributed by atoms with Crippen molar-refractivity contribution >= 4 is 40.3 Å². The van der Waals surface area contributed by atoms with E-state index >= 15 is 4.39 Å². The van der Waals surface area contributed by atoms with Crippen LogP contribution in [-0.4, -0.2) is 173 Å². The molecule has 18 heteroatoms. The Labute approximate surface area is 429 Å². The molecular weight excluding hydrogens is 952 g/mol. The van der Waals surface area contributed by atoms with E-state index in [1.54, 1.807) is 45.0 Å². The SMILES string of the molecule is O=C(N[C@@H](C(=O)N1CCN(CC2CCN(CC(=O)N3CCN(C(=O)c4cc(Cc5n[nH]c(=O)c6ccccc56)ccc4F)CC3)CC2)CC1)C1CCCCC1)c1cccc(C2CCCN(C(=O)C3CC3(F)F)C2)c1. The molecule has 6 aliphatic rings. The van der Waals surface area contributed by atoms with Crippen molar-refractivity contribution in [3.05, 3.63) is 111 Å². The lowest BCUT2D eigenvalue weighted by atomic mass is 9.83. The van der Waals surface area contributed by atoms with Crippen molar-refractivity contribution in [1.82, 2.24) is 44.9 Å². The minimum atomic E-state index is -2.91. The number of amides is 5. The molecule has 15 nitrogen and oxygen atoms in total. The Morgan fingerprint density at radius 3 is 2.15 bits per heavy atom. The molecule has 6 fully saturated rings. The lowest BCUT2D eigenvalue weighted by Crippen LogP contribution is -2.57. The summed E-state index contributed by atoms with van der Waals surface area (Å²) >= 11 is 0. The molecule has 5 heterocycles. The fraction of sp³-hybridized carbons (Fsp3) is 0.554. The van der Waals surface area contributed by atoms with Gasteiger partial charge in [-0.05, 0) is 105 Å². The summed E-state index contributed by atoms with van der Waals surface area (Å²) in [6, 6.07) is 18.3. The third kappa shape index (κ3) is 11.7. The summed E-state index contributed by atoms with van der Waals surface area (Å²) in [6.45, 7) is 7.64. The number of halogens is 3. The fourth-order valence-electron chi connectivity index (χ4n) is 12.2. The molecule has 0 radical (unpaired) electrons. The normalized spacial score (nSPS) is 22.6. The van der Waals surface area contributed by atoms with E-state index in [0.717, 1.165) is 89.7 Å². The molecule has 394 valence electrons. The molecule has 5 amide bonds. The zero-order chi connectivity index (χ0) is 51.5. The van der Waals surface area contributed by atoms with E-state index in [-0.39, 0.29) is 47.1 Å². The molecule has 4 saturated heterocycles. The minimum absolute atomic E-state index is 0.0219. The van der Waals surface area contributed by atoms with Gasteiger partial charge in [-0.15, -0.1) is 0 Å². The second-order valence-corrected chi connectivity index (χ2v) is 21.7. The highest BCUT2D eigenvalue weighted by Crippen LogP contribution is 2.50. The molecule has 3 aromatic carbocycles. The van der Waals surface area contributed by atoms with Crippen molar-refractivity contribution in [3.8, 4) is 0 Å². The van der Waals surface area contributed by atoms with Gasteiger partial charge >= 0.3 is 0 Å². The average molecular weight is 1020 g/mol. The maximum Gasteiger partial charge on any atom is 0.272 e. The Kier molecular flexibility index (Phi) is 15.5. The fourth-order valence-corrected chi connectivity index (χ4v) is 12.2. The van der Waals surface area contributed by atoms with Crippen LogP contribution in [-0.2, 0) is 20.8 Å². The van der Waals surface area contributed by atoms with E-state index in [4.69, 9.17) is 0 Å². The summed E-state index contributed by atoms with van der Waals surface area (Å²) < 4.78 is 42.6. The zero-order valence-electron chi connectivity index (χ0n) is 42.1. The van der Waals surface area contributed by atoms with Gasteiger partial charge in [0.25, 0.3) is 23.3 Å². The van der Waals surface area contributed by atoms with Gasteiger partial charge in [0.1, 0.15) is 17.8 Å². The smallest absolute Gasteiger partial charge is 0.272 e. The van der Waals surface area contributed by atoms with Crippen molar-refractivity contribution in [3.63, 3.8) is 0 Å². The van der Waals surface area contributed by atoms with E-state index in [9.17, 15) is 37.5 Å². The van der Waals surface area contributed by atoms with Crippen LogP contribution >= 0.6 is 0 Å². The average Bonchev–Trinajstić information content (AvgIpc) is 4.09. The molecule has 4 aromatic rings. The Bertz CT molecular complexity index is 2780. The maximum absolute atomic E-state index is 15.1. The molecule has 2 saturated carbocycles. The third-order valence-corrected chi connectivity index (χ3v) is 16.7. The highest BCUT2D eigenvalue weighted by atomic mass is 19.3. The van der Waals surface area contributed by atoms with Crippen molar-refractivity contribution in [2.75, 3.05) is 91.6 Å². The van der Waals surface area contributed by atoms with Crippen LogP contribution in [0, 0.1) is 23.6 Å². The van der Waals surface area contributed by atoms with Gasteiger partial charge in [0.05, 0.1) is 23.2 Å². The number of likely N-dealkylation sites (tertiary alicyclic amines) is 2. The molecule has 74 heavy (non-hydrogen) atoms. The highest BCUT2D eigenvalue weighted by molar-refractivity contribution is 5.98. The number of aromatic nitrogens is 2. The van der Waals surface area contributed by atoms with Gasteiger partial charge in [-0.25, -0.2) is 18.3 Å². The molecule has 2 unspecified atom stereocenters. The molecule has 2 aliphatic carbocycles. The van der Waals surface area contributed by atoms with Gasteiger partial charge in [0.2, 0.25) is 17.7 Å². The number of piperidine rings is 2. The molecule has 2 N–H and O–H groups in total. The highest BCUT2D eigenvalue weighted by Gasteiger charge is 2.62. The summed E-state index contributed by atoms with van der Waals surface area (Å²) in [5.41, 5.74) is 2.32. The number of hydrogen-bond donors (Lipinski definition) is 2. The van der Waals surface area contributed by atoms with Gasteiger partial charge in [0.15, 0.2) is 0 Å². The standard InChI is InChI=1S/C56H68F3N9O6/c57-47-16-15-38(31-48-43-13-4-5-14-44(43)52(71)62-61-48)30-45(47)53(72)66-28-26-65(27-29-66)49(69)36-63-20-17-37(18-21-63)34-64-22-24-67(25-23-64)55(74)50(39-8-2-1-3-9-39)60-51(70)41-11-6-10-40(32-41)42-12-7-19-68(35-42)54(73)46-33-56(46,58)59/h4-6,10-11,13-16,30,32,37,39,42,46,50H,1-3,7-9,12,17-29,31,33-36H2,(H,60,70)(H,62,71)/t42?,46?,50-/m1/s1. The van der Waals surface area contributed by atoms with Crippen LogP contribution in [0.3, 0.4) is 0 Å². The first-order chi connectivity index (χ1) is 35.8. The van der Waals surface area contributed by atoms with Crippen LogP contribution in [0.25, 0.3) is 10.8 Å². The van der Waals surface area contributed by atoms with Crippen LogP contribution in [0.15, 0.2) is 71.5 Å². The van der Waals surface area contributed by atoms with Crippen LogP contribution in [0.4, 0.5) is 13.2 Å². The second-order valence-electron chi connectivity index (χ2n) is 21.7. The van der Waals surface area contributed by atoms with Crippen LogP contribution < -0.4 is 10.9 Å². The molecular formula is C56H68F3N9O6. The Morgan fingerprint density at radius 2 is 1.42 bits per heavy atom.